The highest BCUT2D eigenvalue weighted by molar-refractivity contribution is 5.93. The first-order chi connectivity index (χ1) is 11.6. The van der Waals surface area contributed by atoms with Gasteiger partial charge in [0.15, 0.2) is 0 Å². The van der Waals surface area contributed by atoms with Crippen molar-refractivity contribution in [2.45, 2.75) is 38.5 Å². The van der Waals surface area contributed by atoms with E-state index < -0.39 is 0 Å². The third kappa shape index (κ3) is 3.39. The Morgan fingerprint density at radius 1 is 1.29 bits per heavy atom. The van der Waals surface area contributed by atoms with Crippen molar-refractivity contribution < 1.29 is 9.53 Å². The second-order valence-electron chi connectivity index (χ2n) is 6.43. The van der Waals surface area contributed by atoms with Gasteiger partial charge in [-0.1, -0.05) is 13.8 Å². The molecule has 7 heteroatoms. The quantitative estimate of drug-likeness (QED) is 0.931. The summed E-state index contributed by atoms with van der Waals surface area (Å²) in [6, 6.07) is 2.43. The summed E-state index contributed by atoms with van der Waals surface area (Å²) in [5.74, 6) is 0.830. The minimum Gasteiger partial charge on any atom is -0.467 e. The Morgan fingerprint density at radius 2 is 1.96 bits per heavy atom. The largest absolute Gasteiger partial charge is 0.467 e. The molecule has 0 spiro atoms. The maximum absolute atomic E-state index is 12.5. The zero-order valence-electron chi connectivity index (χ0n) is 14.3. The Bertz CT molecular complexity index is 687. The van der Waals surface area contributed by atoms with Crippen LogP contribution in [-0.2, 0) is 0 Å². The van der Waals surface area contributed by atoms with Crippen LogP contribution in [0.1, 0.15) is 60.3 Å². The Hall–Kier alpha value is -2.44. The fourth-order valence-electron chi connectivity index (χ4n) is 2.97. The van der Waals surface area contributed by atoms with Crippen LogP contribution in [0.5, 0.6) is 6.01 Å². The second kappa shape index (κ2) is 6.98. The third-order valence-electron chi connectivity index (χ3n) is 4.49. The number of carbonyl (C=O) groups is 1. The number of rotatable bonds is 4. The van der Waals surface area contributed by atoms with E-state index in [-0.39, 0.29) is 11.9 Å². The Labute approximate surface area is 141 Å². The van der Waals surface area contributed by atoms with E-state index >= 15 is 0 Å². The molecule has 2 aromatic heterocycles. The normalized spacial score (nSPS) is 15.8. The predicted molar refractivity (Wildman–Crippen MR) is 89.1 cm³/mol. The van der Waals surface area contributed by atoms with Crippen molar-refractivity contribution >= 4 is 5.91 Å². The molecule has 2 aromatic rings. The number of likely N-dealkylation sites (tertiary alicyclic amines) is 1. The molecule has 1 aliphatic rings. The smallest absolute Gasteiger partial charge is 0.316 e. The van der Waals surface area contributed by atoms with E-state index in [1.807, 2.05) is 4.90 Å². The highest BCUT2D eigenvalue weighted by Crippen LogP contribution is 2.28. The summed E-state index contributed by atoms with van der Waals surface area (Å²) in [6.45, 7) is 5.73. The minimum atomic E-state index is -0.0245. The average Bonchev–Trinajstić information content (AvgIpc) is 3.12. The number of hydrogen-bond donors (Lipinski definition) is 1. The first-order valence-electron chi connectivity index (χ1n) is 8.29. The van der Waals surface area contributed by atoms with Gasteiger partial charge < -0.3 is 9.64 Å². The molecule has 3 heterocycles. The number of H-pyrrole nitrogens is 1. The summed E-state index contributed by atoms with van der Waals surface area (Å²) >= 11 is 0. The summed E-state index contributed by atoms with van der Waals surface area (Å²) in [5, 5.41) is 7.53. The van der Waals surface area contributed by atoms with Crippen LogP contribution in [0.25, 0.3) is 0 Å². The Kier molecular flexibility index (Phi) is 4.78. The summed E-state index contributed by atoms with van der Waals surface area (Å²) in [6.07, 6.45) is 4.90. The zero-order chi connectivity index (χ0) is 17.1. The molecule has 0 aromatic carbocycles. The van der Waals surface area contributed by atoms with Crippen LogP contribution in [-0.4, -0.2) is 51.2 Å². The average molecular weight is 329 g/mol. The Morgan fingerprint density at radius 3 is 2.50 bits per heavy atom. The van der Waals surface area contributed by atoms with Crippen LogP contribution in [0.15, 0.2) is 18.5 Å². The molecule has 0 aliphatic carbocycles. The van der Waals surface area contributed by atoms with Gasteiger partial charge in [0.05, 0.1) is 18.4 Å². The van der Waals surface area contributed by atoms with Crippen molar-refractivity contribution in [2.75, 3.05) is 20.2 Å². The van der Waals surface area contributed by atoms with E-state index in [1.165, 1.54) is 25.2 Å². The van der Waals surface area contributed by atoms with Crippen molar-refractivity contribution in [3.8, 4) is 6.01 Å². The first kappa shape index (κ1) is 16.4. The lowest BCUT2D eigenvalue weighted by Gasteiger charge is -2.31. The number of methoxy groups -OCH3 is 1. The van der Waals surface area contributed by atoms with Crippen molar-refractivity contribution in [3.63, 3.8) is 0 Å². The molecule has 0 saturated carbocycles. The molecular weight excluding hydrogens is 306 g/mol. The van der Waals surface area contributed by atoms with E-state index in [1.54, 1.807) is 0 Å². The summed E-state index contributed by atoms with van der Waals surface area (Å²) in [4.78, 5) is 22.4. The lowest BCUT2D eigenvalue weighted by atomic mass is 9.92. The molecular formula is C17H23N5O2. The maximum Gasteiger partial charge on any atom is 0.316 e. The third-order valence-corrected chi connectivity index (χ3v) is 4.49. The monoisotopic (exact) mass is 329 g/mol. The zero-order valence-corrected chi connectivity index (χ0v) is 14.3. The number of hydrogen-bond acceptors (Lipinski definition) is 5. The summed E-state index contributed by atoms with van der Waals surface area (Å²) in [5.41, 5.74) is 2.77. The van der Waals surface area contributed by atoms with Crippen molar-refractivity contribution in [1.29, 1.82) is 0 Å². The number of amides is 1. The van der Waals surface area contributed by atoms with Crippen LogP contribution < -0.4 is 4.74 Å². The van der Waals surface area contributed by atoms with Crippen LogP contribution >= 0.6 is 0 Å². The van der Waals surface area contributed by atoms with Gasteiger partial charge in [-0.05, 0) is 24.8 Å². The molecule has 0 atom stereocenters. The van der Waals surface area contributed by atoms with Crippen LogP contribution in [0.2, 0.25) is 0 Å². The number of nitrogens with one attached hydrogen (secondary N) is 1. The molecule has 1 fully saturated rings. The Balaban J connectivity index is 1.60. The van der Waals surface area contributed by atoms with Crippen molar-refractivity contribution in [1.82, 2.24) is 25.1 Å². The number of carbonyl (C=O) groups excluding carboxylic acids is 1. The topological polar surface area (TPSA) is 84.0 Å². The molecule has 128 valence electrons. The number of ether oxygens (including phenoxy) is 1. The van der Waals surface area contributed by atoms with E-state index in [4.69, 9.17) is 4.74 Å². The van der Waals surface area contributed by atoms with Crippen molar-refractivity contribution in [3.05, 3.63) is 35.4 Å². The molecule has 0 bridgehead atoms. The fourth-order valence-corrected chi connectivity index (χ4v) is 2.97. The van der Waals surface area contributed by atoms with Gasteiger partial charge in [0.2, 0.25) is 0 Å². The fraction of sp³-hybridized carbons (Fsp3) is 0.529. The molecule has 0 unspecified atom stereocenters. The van der Waals surface area contributed by atoms with E-state index in [2.05, 4.69) is 40.1 Å². The molecule has 1 amide bonds. The van der Waals surface area contributed by atoms with Crippen molar-refractivity contribution in [2.24, 2.45) is 0 Å². The molecule has 24 heavy (non-hydrogen) atoms. The summed E-state index contributed by atoms with van der Waals surface area (Å²) < 4.78 is 4.92. The molecule has 1 aliphatic heterocycles. The van der Waals surface area contributed by atoms with Crippen LogP contribution in [0.3, 0.4) is 0 Å². The molecule has 1 saturated heterocycles. The van der Waals surface area contributed by atoms with Gasteiger partial charge in [0.1, 0.15) is 0 Å². The highest BCUT2D eigenvalue weighted by atomic mass is 16.5. The number of piperidine rings is 1. The molecule has 0 radical (unpaired) electrons. The lowest BCUT2D eigenvalue weighted by molar-refractivity contribution is 0.0711. The van der Waals surface area contributed by atoms with Gasteiger partial charge in [-0.3, -0.25) is 9.89 Å². The van der Waals surface area contributed by atoms with Gasteiger partial charge in [-0.15, -0.1) is 0 Å². The van der Waals surface area contributed by atoms with Gasteiger partial charge in [-0.2, -0.15) is 5.10 Å². The maximum atomic E-state index is 12.5. The SMILES string of the molecule is COc1ncc(C(=O)N2CCC(c3cc(C(C)C)n[nH]3)CC2)cn1. The lowest BCUT2D eigenvalue weighted by Crippen LogP contribution is -2.38. The predicted octanol–water partition coefficient (Wildman–Crippen LogP) is 2.35. The van der Waals surface area contributed by atoms with Gasteiger partial charge in [0, 0.05) is 37.1 Å². The number of aromatic amines is 1. The molecule has 1 N–H and O–H groups in total. The van der Waals surface area contributed by atoms with E-state index in [0.717, 1.165) is 31.6 Å². The van der Waals surface area contributed by atoms with Crippen LogP contribution in [0.4, 0.5) is 0 Å². The first-order valence-corrected chi connectivity index (χ1v) is 8.29. The minimum absolute atomic E-state index is 0.0245. The number of nitrogens with zero attached hydrogens (tertiary/aromatic N) is 4. The molecule has 7 nitrogen and oxygen atoms in total. The second-order valence-corrected chi connectivity index (χ2v) is 6.43. The molecule has 3 rings (SSSR count). The van der Waals surface area contributed by atoms with Crippen LogP contribution in [0, 0.1) is 0 Å². The van der Waals surface area contributed by atoms with Gasteiger partial charge >= 0.3 is 6.01 Å². The van der Waals surface area contributed by atoms with Gasteiger partial charge in [0.25, 0.3) is 5.91 Å². The highest BCUT2D eigenvalue weighted by Gasteiger charge is 2.26. The van der Waals surface area contributed by atoms with E-state index in [9.17, 15) is 4.79 Å². The number of aromatic nitrogens is 4. The summed E-state index contributed by atoms with van der Waals surface area (Å²) in [7, 11) is 1.50. The standard InChI is InChI=1S/C17H23N5O2/c1-11(2)14-8-15(21-20-14)12-4-6-22(7-5-12)16(23)13-9-18-17(24-3)19-10-13/h8-12H,4-7H2,1-3H3,(H,20,21). The van der Waals surface area contributed by atoms with E-state index in [0.29, 0.717) is 17.4 Å². The van der Waals surface area contributed by atoms with Gasteiger partial charge in [-0.25, -0.2) is 9.97 Å².